The molecule has 0 aromatic heterocycles. The lowest BCUT2D eigenvalue weighted by Gasteiger charge is -2.26. The van der Waals surface area contributed by atoms with Crippen LogP contribution >= 0.6 is 11.6 Å². The number of imide groups is 2. The lowest BCUT2D eigenvalue weighted by Crippen LogP contribution is -2.54. The number of hydrogen-bond donors (Lipinski definition) is 1. The minimum absolute atomic E-state index is 0.0437. The van der Waals surface area contributed by atoms with Gasteiger partial charge in [0.1, 0.15) is 5.57 Å². The summed E-state index contributed by atoms with van der Waals surface area (Å²) in [6.07, 6.45) is 1.35. The first-order valence-electron chi connectivity index (χ1n) is 8.82. The fourth-order valence-corrected chi connectivity index (χ4v) is 2.90. The van der Waals surface area contributed by atoms with Gasteiger partial charge < -0.3 is 9.47 Å². The van der Waals surface area contributed by atoms with Crippen molar-refractivity contribution in [1.82, 2.24) is 5.32 Å². The average Bonchev–Trinajstić information content (AvgIpc) is 2.67. The van der Waals surface area contributed by atoms with E-state index < -0.39 is 17.8 Å². The van der Waals surface area contributed by atoms with Gasteiger partial charge >= 0.3 is 6.03 Å². The molecule has 1 saturated heterocycles. The summed E-state index contributed by atoms with van der Waals surface area (Å²) in [4.78, 5) is 38.3. The zero-order valence-electron chi connectivity index (χ0n) is 16.1. The van der Waals surface area contributed by atoms with E-state index in [1.165, 1.54) is 25.3 Å². The number of benzene rings is 2. The third kappa shape index (κ3) is 4.41. The second-order valence-electron chi connectivity index (χ2n) is 6.51. The van der Waals surface area contributed by atoms with Crippen LogP contribution in [0.3, 0.4) is 0 Å². The molecule has 1 aliphatic heterocycles. The first-order chi connectivity index (χ1) is 13.8. The Morgan fingerprint density at radius 3 is 2.34 bits per heavy atom. The highest BCUT2D eigenvalue weighted by Crippen LogP contribution is 2.30. The van der Waals surface area contributed by atoms with Crippen LogP contribution in [-0.4, -0.2) is 31.1 Å². The van der Waals surface area contributed by atoms with Gasteiger partial charge in [-0.3, -0.25) is 14.9 Å². The topological polar surface area (TPSA) is 84.9 Å². The minimum Gasteiger partial charge on any atom is -0.493 e. The number of amides is 4. The Bertz CT molecular complexity index is 999. The highest BCUT2D eigenvalue weighted by Gasteiger charge is 2.36. The van der Waals surface area contributed by atoms with E-state index in [0.29, 0.717) is 27.8 Å². The molecule has 0 bridgehead atoms. The fraction of sp³-hybridized carbons (Fsp3) is 0.190. The van der Waals surface area contributed by atoms with E-state index in [1.807, 2.05) is 13.8 Å². The predicted molar refractivity (Wildman–Crippen MR) is 109 cm³/mol. The molecule has 3 rings (SSSR count). The van der Waals surface area contributed by atoms with Gasteiger partial charge in [0.15, 0.2) is 11.5 Å². The van der Waals surface area contributed by atoms with Crippen molar-refractivity contribution in [2.24, 2.45) is 0 Å². The van der Waals surface area contributed by atoms with Crippen LogP contribution in [-0.2, 0) is 9.59 Å². The van der Waals surface area contributed by atoms with Gasteiger partial charge in [-0.15, -0.1) is 0 Å². The molecule has 1 heterocycles. The van der Waals surface area contributed by atoms with Crippen molar-refractivity contribution >= 4 is 41.2 Å². The van der Waals surface area contributed by atoms with Crippen LogP contribution in [0.25, 0.3) is 6.08 Å². The number of urea groups is 1. The second kappa shape index (κ2) is 8.36. The van der Waals surface area contributed by atoms with Crippen molar-refractivity contribution in [3.8, 4) is 11.5 Å². The number of ether oxygens (including phenoxy) is 2. The largest absolute Gasteiger partial charge is 0.493 e. The van der Waals surface area contributed by atoms with Crippen molar-refractivity contribution in [3.63, 3.8) is 0 Å². The van der Waals surface area contributed by atoms with Crippen molar-refractivity contribution in [2.45, 2.75) is 20.0 Å². The molecule has 0 atom stereocenters. The Morgan fingerprint density at radius 1 is 1.03 bits per heavy atom. The van der Waals surface area contributed by atoms with Crippen molar-refractivity contribution in [3.05, 3.63) is 58.6 Å². The predicted octanol–water partition coefficient (Wildman–Crippen LogP) is 3.80. The maximum atomic E-state index is 12.9. The van der Waals surface area contributed by atoms with E-state index in [1.54, 1.807) is 30.3 Å². The fourth-order valence-electron chi connectivity index (χ4n) is 2.77. The van der Waals surface area contributed by atoms with Crippen molar-refractivity contribution in [1.29, 1.82) is 0 Å². The Labute approximate surface area is 172 Å². The van der Waals surface area contributed by atoms with Gasteiger partial charge in [0.05, 0.1) is 18.9 Å². The maximum absolute atomic E-state index is 12.9. The molecule has 0 aliphatic carbocycles. The molecule has 2 aromatic carbocycles. The third-order valence-electron chi connectivity index (χ3n) is 4.05. The van der Waals surface area contributed by atoms with Crippen LogP contribution < -0.4 is 19.7 Å². The summed E-state index contributed by atoms with van der Waals surface area (Å²) in [7, 11) is 1.50. The molecule has 8 heteroatoms. The third-order valence-corrected chi connectivity index (χ3v) is 4.30. The normalized spacial score (nSPS) is 15.7. The van der Waals surface area contributed by atoms with Crippen molar-refractivity contribution < 1.29 is 23.9 Å². The van der Waals surface area contributed by atoms with E-state index in [9.17, 15) is 14.4 Å². The summed E-state index contributed by atoms with van der Waals surface area (Å²) in [6, 6.07) is 10.4. The van der Waals surface area contributed by atoms with E-state index >= 15 is 0 Å². The first-order valence-corrected chi connectivity index (χ1v) is 9.19. The number of rotatable bonds is 5. The first kappa shape index (κ1) is 20.4. The van der Waals surface area contributed by atoms with Crippen LogP contribution in [0.4, 0.5) is 10.5 Å². The zero-order chi connectivity index (χ0) is 21.1. The molecule has 4 amide bonds. The SMILES string of the molecule is COc1cc(C=C2C(=O)NC(=O)N(c3ccc(Cl)cc3)C2=O)ccc1OC(C)C. The number of barbiturate groups is 1. The highest BCUT2D eigenvalue weighted by molar-refractivity contribution is 6.39. The highest BCUT2D eigenvalue weighted by atomic mass is 35.5. The standard InChI is InChI=1S/C21H19ClN2O5/c1-12(2)29-17-9-4-13(11-18(17)28-3)10-16-19(25)23-21(27)24(20(16)26)15-7-5-14(22)6-8-15/h4-12H,1-3H3,(H,23,25,27). The molecular weight excluding hydrogens is 396 g/mol. The summed E-state index contributed by atoms with van der Waals surface area (Å²) >= 11 is 5.86. The van der Waals surface area contributed by atoms with Gasteiger partial charge in [0.2, 0.25) is 0 Å². The molecule has 1 fully saturated rings. The molecule has 0 radical (unpaired) electrons. The van der Waals surface area contributed by atoms with Gasteiger partial charge in [-0.25, -0.2) is 9.69 Å². The Morgan fingerprint density at radius 2 is 1.72 bits per heavy atom. The molecule has 150 valence electrons. The Hall–Kier alpha value is -3.32. The number of methoxy groups -OCH3 is 1. The smallest absolute Gasteiger partial charge is 0.335 e. The molecule has 2 aromatic rings. The maximum Gasteiger partial charge on any atom is 0.335 e. The summed E-state index contributed by atoms with van der Waals surface area (Å²) in [6.45, 7) is 3.78. The van der Waals surface area contributed by atoms with E-state index in [0.717, 1.165) is 4.90 Å². The number of nitrogens with one attached hydrogen (secondary N) is 1. The van der Waals surface area contributed by atoms with E-state index in [2.05, 4.69) is 5.32 Å². The van der Waals surface area contributed by atoms with E-state index in [4.69, 9.17) is 21.1 Å². The van der Waals surface area contributed by atoms with Gasteiger partial charge in [-0.05, 0) is 61.9 Å². The Kier molecular flexibility index (Phi) is 5.89. The quantitative estimate of drug-likeness (QED) is 0.594. The number of nitrogens with zero attached hydrogens (tertiary/aromatic N) is 1. The zero-order valence-corrected chi connectivity index (χ0v) is 16.8. The lowest BCUT2D eigenvalue weighted by molar-refractivity contribution is -0.122. The molecule has 0 saturated carbocycles. The molecule has 0 spiro atoms. The molecule has 1 aliphatic rings. The number of hydrogen-bond acceptors (Lipinski definition) is 5. The summed E-state index contributed by atoms with van der Waals surface area (Å²) in [5, 5.41) is 2.64. The molecule has 29 heavy (non-hydrogen) atoms. The average molecular weight is 415 g/mol. The number of anilines is 1. The minimum atomic E-state index is -0.822. The van der Waals surface area contributed by atoms with Crippen LogP contribution in [0.2, 0.25) is 5.02 Å². The monoisotopic (exact) mass is 414 g/mol. The molecule has 7 nitrogen and oxygen atoms in total. The second-order valence-corrected chi connectivity index (χ2v) is 6.95. The van der Waals surface area contributed by atoms with Gasteiger partial charge in [0, 0.05) is 5.02 Å². The van der Waals surface area contributed by atoms with E-state index in [-0.39, 0.29) is 11.7 Å². The van der Waals surface area contributed by atoms with Gasteiger partial charge in [-0.2, -0.15) is 0 Å². The number of halogens is 1. The van der Waals surface area contributed by atoms with Crippen LogP contribution in [0.1, 0.15) is 19.4 Å². The van der Waals surface area contributed by atoms with Crippen LogP contribution in [0, 0.1) is 0 Å². The summed E-state index contributed by atoms with van der Waals surface area (Å²) in [5.74, 6) is -0.501. The number of carbonyl (C=O) groups excluding carboxylic acids is 3. The van der Waals surface area contributed by atoms with Gasteiger partial charge in [-0.1, -0.05) is 17.7 Å². The van der Waals surface area contributed by atoms with Crippen molar-refractivity contribution in [2.75, 3.05) is 12.0 Å². The molecule has 0 unspecified atom stereocenters. The summed E-state index contributed by atoms with van der Waals surface area (Å²) in [5.41, 5.74) is 0.662. The number of carbonyl (C=O) groups is 3. The molecular formula is C21H19ClN2O5. The summed E-state index contributed by atoms with van der Waals surface area (Å²) < 4.78 is 11.0. The van der Waals surface area contributed by atoms with Crippen LogP contribution in [0.15, 0.2) is 48.0 Å². The Balaban J connectivity index is 1.97. The lowest BCUT2D eigenvalue weighted by atomic mass is 10.1. The van der Waals surface area contributed by atoms with Crippen LogP contribution in [0.5, 0.6) is 11.5 Å². The van der Waals surface area contributed by atoms with Gasteiger partial charge in [0.25, 0.3) is 11.8 Å². The molecule has 1 N–H and O–H groups in total.